The number of aromatic nitrogens is 2. The highest BCUT2D eigenvalue weighted by Crippen LogP contribution is 2.29. The van der Waals surface area contributed by atoms with E-state index in [2.05, 4.69) is 20.0 Å². The van der Waals surface area contributed by atoms with Gasteiger partial charge in [0, 0.05) is 24.2 Å². The van der Waals surface area contributed by atoms with E-state index in [1.165, 1.54) is 24.3 Å². The zero-order valence-corrected chi connectivity index (χ0v) is 13.5. The normalized spacial score (nSPS) is 14.5. The number of nitrogens with zero attached hydrogens (tertiary/aromatic N) is 3. The predicted molar refractivity (Wildman–Crippen MR) is 82.9 cm³/mol. The third kappa shape index (κ3) is 4.01. The van der Waals surface area contributed by atoms with E-state index >= 15 is 0 Å². The van der Waals surface area contributed by atoms with Crippen molar-refractivity contribution in [3.8, 4) is 11.4 Å². The summed E-state index contributed by atoms with van der Waals surface area (Å²) in [5.41, 5.74) is 0.538. The summed E-state index contributed by atoms with van der Waals surface area (Å²) < 4.78 is 41.6. The van der Waals surface area contributed by atoms with Crippen molar-refractivity contribution in [2.75, 3.05) is 19.6 Å². The van der Waals surface area contributed by atoms with Crippen LogP contribution in [0.15, 0.2) is 28.8 Å². The molecule has 0 spiro atoms. The first-order chi connectivity index (χ1) is 12.3. The van der Waals surface area contributed by atoms with Gasteiger partial charge in [0.05, 0.1) is 6.54 Å². The molecule has 0 saturated carbocycles. The first kappa shape index (κ1) is 17.9. The van der Waals surface area contributed by atoms with Crippen LogP contribution in [0.3, 0.4) is 0 Å². The van der Waals surface area contributed by atoms with E-state index < -0.39 is 18.0 Å². The summed E-state index contributed by atoms with van der Waals surface area (Å²) in [6, 6.07) is 5.63. The molecule has 7 nitrogen and oxygen atoms in total. The number of nitrogens with one attached hydrogen (secondary N) is 1. The zero-order chi connectivity index (χ0) is 18.7. The Hall–Kier alpha value is -2.91. The fourth-order valence-corrected chi connectivity index (χ4v) is 2.56. The van der Waals surface area contributed by atoms with Gasteiger partial charge in [-0.1, -0.05) is 17.3 Å². The van der Waals surface area contributed by atoms with Crippen molar-refractivity contribution in [2.45, 2.75) is 19.0 Å². The Morgan fingerprint density at radius 1 is 1.15 bits per heavy atom. The molecule has 1 aliphatic heterocycles. The summed E-state index contributed by atoms with van der Waals surface area (Å²) in [6.45, 7) is 1.31. The summed E-state index contributed by atoms with van der Waals surface area (Å²) in [7, 11) is 0. The summed E-state index contributed by atoms with van der Waals surface area (Å²) in [5.74, 6) is -2.25. The van der Waals surface area contributed by atoms with Crippen LogP contribution in [0, 0.1) is 0 Å². The van der Waals surface area contributed by atoms with Crippen LogP contribution in [0.5, 0.6) is 0 Å². The smallest absolute Gasteiger partial charge is 0.343 e. The maximum absolute atomic E-state index is 12.5. The Labute approximate surface area is 146 Å². The highest BCUT2D eigenvalue weighted by atomic mass is 19.4. The first-order valence-corrected chi connectivity index (χ1v) is 7.92. The average Bonchev–Trinajstić information content (AvgIpc) is 3.30. The van der Waals surface area contributed by atoms with Gasteiger partial charge in [-0.3, -0.25) is 9.59 Å². The largest absolute Gasteiger partial charge is 0.471 e. The van der Waals surface area contributed by atoms with Gasteiger partial charge in [-0.2, -0.15) is 18.2 Å². The SMILES string of the molecule is O=C(NCC(=O)N1CCCC1)c1ccc(-c2noc(C(F)(F)F)n2)cc1. The molecule has 0 aliphatic carbocycles. The Kier molecular flexibility index (Phi) is 4.92. The summed E-state index contributed by atoms with van der Waals surface area (Å²) in [6.07, 6.45) is -2.78. The minimum atomic E-state index is -4.72. The van der Waals surface area contributed by atoms with Crippen molar-refractivity contribution in [1.82, 2.24) is 20.4 Å². The number of amides is 2. The molecule has 0 bridgehead atoms. The Bertz CT molecular complexity index is 796. The molecular weight excluding hydrogens is 353 g/mol. The van der Waals surface area contributed by atoms with E-state index in [1.54, 1.807) is 4.90 Å². The van der Waals surface area contributed by atoms with Gasteiger partial charge in [-0.25, -0.2) is 0 Å². The molecule has 2 heterocycles. The van der Waals surface area contributed by atoms with Crippen LogP contribution in [-0.2, 0) is 11.0 Å². The van der Waals surface area contributed by atoms with Gasteiger partial charge < -0.3 is 14.7 Å². The topological polar surface area (TPSA) is 88.3 Å². The fraction of sp³-hybridized carbons (Fsp3) is 0.375. The van der Waals surface area contributed by atoms with Crippen LogP contribution < -0.4 is 5.32 Å². The molecule has 1 aromatic heterocycles. The highest BCUT2D eigenvalue weighted by molar-refractivity contribution is 5.96. The molecule has 10 heteroatoms. The Morgan fingerprint density at radius 2 is 1.81 bits per heavy atom. The van der Waals surface area contributed by atoms with Gasteiger partial charge in [0.25, 0.3) is 5.91 Å². The maximum atomic E-state index is 12.5. The van der Waals surface area contributed by atoms with Crippen LogP contribution in [-0.4, -0.2) is 46.5 Å². The molecule has 3 rings (SSSR count). The monoisotopic (exact) mass is 368 g/mol. The van der Waals surface area contributed by atoms with E-state index in [0.717, 1.165) is 12.8 Å². The Morgan fingerprint density at radius 3 is 2.38 bits per heavy atom. The molecular formula is C16H15F3N4O3. The van der Waals surface area contributed by atoms with Gasteiger partial charge in [0.15, 0.2) is 0 Å². The third-order valence-electron chi connectivity index (χ3n) is 3.93. The number of halogens is 3. The third-order valence-corrected chi connectivity index (χ3v) is 3.93. The van der Waals surface area contributed by atoms with Gasteiger partial charge >= 0.3 is 12.1 Å². The number of likely N-dealkylation sites (tertiary alicyclic amines) is 1. The van der Waals surface area contributed by atoms with Crippen LogP contribution in [0.25, 0.3) is 11.4 Å². The average molecular weight is 368 g/mol. The minimum absolute atomic E-state index is 0.0969. The van der Waals surface area contributed by atoms with Gasteiger partial charge in [0.2, 0.25) is 11.7 Å². The molecule has 1 aliphatic rings. The number of benzene rings is 1. The highest BCUT2D eigenvalue weighted by Gasteiger charge is 2.38. The first-order valence-electron chi connectivity index (χ1n) is 7.92. The van der Waals surface area contributed by atoms with Gasteiger partial charge in [-0.05, 0) is 25.0 Å². The van der Waals surface area contributed by atoms with Crippen molar-refractivity contribution in [2.24, 2.45) is 0 Å². The maximum Gasteiger partial charge on any atom is 0.471 e. The van der Waals surface area contributed by atoms with E-state index in [-0.39, 0.29) is 29.4 Å². The molecule has 1 saturated heterocycles. The quantitative estimate of drug-likeness (QED) is 0.893. The number of hydrogen-bond donors (Lipinski definition) is 1. The van der Waals surface area contributed by atoms with E-state index in [4.69, 9.17) is 0 Å². The van der Waals surface area contributed by atoms with E-state index in [9.17, 15) is 22.8 Å². The van der Waals surface area contributed by atoms with Crippen molar-refractivity contribution in [1.29, 1.82) is 0 Å². The van der Waals surface area contributed by atoms with E-state index in [1.807, 2.05) is 0 Å². The predicted octanol–water partition coefficient (Wildman–Crippen LogP) is 2.11. The van der Waals surface area contributed by atoms with Crippen molar-refractivity contribution >= 4 is 11.8 Å². The number of rotatable bonds is 4. The molecule has 1 fully saturated rings. The van der Waals surface area contributed by atoms with Crippen molar-refractivity contribution in [3.05, 3.63) is 35.7 Å². The lowest BCUT2D eigenvalue weighted by Crippen LogP contribution is -2.38. The second-order valence-corrected chi connectivity index (χ2v) is 5.77. The second kappa shape index (κ2) is 7.14. The summed E-state index contributed by atoms with van der Waals surface area (Å²) in [5, 5.41) is 5.80. The molecule has 0 unspecified atom stereocenters. The standard InChI is InChI=1S/C16H15F3N4O3/c17-16(18,19)15-21-13(22-26-15)10-3-5-11(6-4-10)14(25)20-9-12(24)23-7-1-2-8-23/h3-6H,1-2,7-9H2,(H,20,25). The number of carbonyl (C=O) groups excluding carboxylic acids is 2. The Balaban J connectivity index is 1.60. The fourth-order valence-electron chi connectivity index (χ4n) is 2.56. The molecule has 26 heavy (non-hydrogen) atoms. The number of carbonyl (C=O) groups is 2. The van der Waals surface area contributed by atoms with Gasteiger partial charge in [0.1, 0.15) is 0 Å². The summed E-state index contributed by atoms with van der Waals surface area (Å²) >= 11 is 0. The molecule has 2 amide bonds. The molecule has 1 aromatic carbocycles. The van der Waals surface area contributed by atoms with Crippen LogP contribution >= 0.6 is 0 Å². The zero-order valence-electron chi connectivity index (χ0n) is 13.5. The second-order valence-electron chi connectivity index (χ2n) is 5.77. The minimum Gasteiger partial charge on any atom is -0.343 e. The van der Waals surface area contributed by atoms with Crippen LogP contribution in [0.1, 0.15) is 29.1 Å². The lowest BCUT2D eigenvalue weighted by Gasteiger charge is -2.15. The molecule has 1 N–H and O–H groups in total. The molecule has 138 valence electrons. The number of alkyl halides is 3. The molecule has 2 aromatic rings. The van der Waals surface area contributed by atoms with Crippen molar-refractivity contribution < 1.29 is 27.3 Å². The van der Waals surface area contributed by atoms with Crippen LogP contribution in [0.4, 0.5) is 13.2 Å². The lowest BCUT2D eigenvalue weighted by molar-refractivity contribution is -0.159. The van der Waals surface area contributed by atoms with Crippen molar-refractivity contribution in [3.63, 3.8) is 0 Å². The van der Waals surface area contributed by atoms with Crippen LogP contribution in [0.2, 0.25) is 0 Å². The summed E-state index contributed by atoms with van der Waals surface area (Å²) in [4.78, 5) is 28.9. The van der Waals surface area contributed by atoms with E-state index in [0.29, 0.717) is 13.1 Å². The number of hydrogen-bond acceptors (Lipinski definition) is 5. The van der Waals surface area contributed by atoms with Gasteiger partial charge in [-0.15, -0.1) is 0 Å². The molecule has 0 atom stereocenters. The molecule has 0 radical (unpaired) electrons. The lowest BCUT2D eigenvalue weighted by atomic mass is 10.1.